The highest BCUT2D eigenvalue weighted by Crippen LogP contribution is 2.34. The van der Waals surface area contributed by atoms with Gasteiger partial charge in [-0.15, -0.1) is 0 Å². The summed E-state index contributed by atoms with van der Waals surface area (Å²) in [6.07, 6.45) is 1.86. The van der Waals surface area contributed by atoms with Crippen molar-refractivity contribution in [2.75, 3.05) is 80.1 Å². The van der Waals surface area contributed by atoms with Gasteiger partial charge in [0.1, 0.15) is 29.5 Å². The van der Waals surface area contributed by atoms with Crippen molar-refractivity contribution >= 4 is 51.5 Å². The third-order valence-electron chi connectivity index (χ3n) is 6.92. The molecule has 1 aromatic carbocycles. The molecule has 0 atom stereocenters. The largest absolute Gasteiger partial charge is 0.494 e. The summed E-state index contributed by atoms with van der Waals surface area (Å²) in [6, 6.07) is 7.58. The number of hydrogen-bond acceptors (Lipinski definition) is 12. The molecule has 0 bridgehead atoms. The second-order valence-electron chi connectivity index (χ2n) is 9.62. The molecule has 2 aliphatic rings. The quantitative estimate of drug-likeness (QED) is 0.209. The number of hydroxylamine groups is 1. The fourth-order valence-electron chi connectivity index (χ4n) is 4.77. The van der Waals surface area contributed by atoms with Gasteiger partial charge in [0.15, 0.2) is 0 Å². The number of rotatable bonds is 10. The van der Waals surface area contributed by atoms with Crippen molar-refractivity contribution in [3.8, 4) is 5.75 Å². The lowest BCUT2D eigenvalue weighted by Gasteiger charge is -2.32. The van der Waals surface area contributed by atoms with Gasteiger partial charge in [-0.25, -0.2) is 20.4 Å². The van der Waals surface area contributed by atoms with Crippen LogP contribution >= 0.6 is 0 Å². The van der Waals surface area contributed by atoms with Crippen molar-refractivity contribution in [1.82, 2.24) is 20.4 Å². The monoisotopic (exact) mass is 566 g/mol. The van der Waals surface area contributed by atoms with E-state index < -0.39 is 5.91 Å². The standard InChI is InChI=1S/C27H34N8O6/c1-39-22-16-20-19(15-21(22)30-25(36)3-2-4-26(37)33-38)27(29-17-28-20)32-23-13-18(34-5-9-40-10-6-34)14-24(31-23)35-7-11-41-12-8-35/h13-17,38H,2-12H2,1H3,(H,30,36)(H,33,37)(H,28,29,31,32). The minimum absolute atomic E-state index is 0.0314. The van der Waals surface area contributed by atoms with E-state index in [1.807, 2.05) is 6.07 Å². The number of carbonyl (C=O) groups excluding carboxylic acids is 2. The number of methoxy groups -OCH3 is 1. The highest BCUT2D eigenvalue weighted by molar-refractivity contribution is 5.99. The second kappa shape index (κ2) is 13.4. The summed E-state index contributed by atoms with van der Waals surface area (Å²) in [4.78, 5) is 42.1. The van der Waals surface area contributed by atoms with Crippen molar-refractivity contribution < 1.29 is 29.0 Å². The Kier molecular flexibility index (Phi) is 9.23. The number of carbonyl (C=O) groups is 2. The van der Waals surface area contributed by atoms with Crippen molar-refractivity contribution in [1.29, 1.82) is 0 Å². The van der Waals surface area contributed by atoms with Crippen LogP contribution < -0.4 is 30.7 Å². The first-order valence-corrected chi connectivity index (χ1v) is 13.5. The summed E-state index contributed by atoms with van der Waals surface area (Å²) >= 11 is 0. The molecule has 14 heteroatoms. The van der Waals surface area contributed by atoms with Gasteiger partial charge in [-0.05, 0) is 12.5 Å². The zero-order valence-electron chi connectivity index (χ0n) is 22.9. The number of hydrogen-bond donors (Lipinski definition) is 4. The van der Waals surface area contributed by atoms with Crippen molar-refractivity contribution in [3.05, 3.63) is 30.6 Å². The van der Waals surface area contributed by atoms with Crippen LogP contribution in [-0.2, 0) is 19.1 Å². The number of anilines is 5. The van der Waals surface area contributed by atoms with Gasteiger partial charge in [-0.2, -0.15) is 0 Å². The molecular formula is C27H34N8O6. The van der Waals surface area contributed by atoms with Crippen LogP contribution in [0.15, 0.2) is 30.6 Å². The third kappa shape index (κ3) is 7.09. The third-order valence-corrected chi connectivity index (χ3v) is 6.92. The number of pyridine rings is 1. The summed E-state index contributed by atoms with van der Waals surface area (Å²) in [5, 5.41) is 15.5. The van der Waals surface area contributed by atoms with Crippen molar-refractivity contribution in [3.63, 3.8) is 0 Å². The van der Waals surface area contributed by atoms with Crippen LogP contribution in [0.3, 0.4) is 0 Å². The smallest absolute Gasteiger partial charge is 0.243 e. The summed E-state index contributed by atoms with van der Waals surface area (Å²) < 4.78 is 16.6. The predicted octanol–water partition coefficient (Wildman–Crippen LogP) is 2.06. The van der Waals surface area contributed by atoms with Gasteiger partial charge in [0.2, 0.25) is 11.8 Å². The van der Waals surface area contributed by atoms with Gasteiger partial charge in [-0.3, -0.25) is 14.8 Å². The van der Waals surface area contributed by atoms with Crippen molar-refractivity contribution in [2.45, 2.75) is 19.3 Å². The van der Waals surface area contributed by atoms with Crippen LogP contribution in [0.4, 0.5) is 28.8 Å². The Hall–Kier alpha value is -4.27. The average Bonchev–Trinajstić information content (AvgIpc) is 3.01. The van der Waals surface area contributed by atoms with E-state index in [1.54, 1.807) is 17.6 Å². The molecule has 0 radical (unpaired) electrons. The zero-order chi connectivity index (χ0) is 28.6. The number of morpholine rings is 2. The Morgan fingerprint density at radius 1 is 0.951 bits per heavy atom. The molecule has 218 valence electrons. The molecule has 5 rings (SSSR count). The van der Waals surface area contributed by atoms with E-state index >= 15 is 0 Å². The molecule has 3 aromatic rings. The minimum atomic E-state index is -0.544. The summed E-state index contributed by atoms with van der Waals surface area (Å²) in [6.45, 7) is 5.71. The van der Waals surface area contributed by atoms with Gasteiger partial charge in [0.25, 0.3) is 0 Å². The summed E-state index contributed by atoms with van der Waals surface area (Å²) in [7, 11) is 1.51. The Labute approximate surface area is 237 Å². The number of benzene rings is 1. The Morgan fingerprint density at radius 3 is 2.37 bits per heavy atom. The van der Waals surface area contributed by atoms with E-state index in [0.29, 0.717) is 60.4 Å². The number of fused-ring (bicyclic) bond motifs is 1. The fourth-order valence-corrected chi connectivity index (χ4v) is 4.77. The van der Waals surface area contributed by atoms with Crippen LogP contribution in [-0.4, -0.2) is 91.7 Å². The lowest BCUT2D eigenvalue weighted by molar-refractivity contribution is -0.129. The van der Waals surface area contributed by atoms with Crippen LogP contribution in [0.1, 0.15) is 19.3 Å². The van der Waals surface area contributed by atoms with Gasteiger partial charge >= 0.3 is 0 Å². The first-order valence-electron chi connectivity index (χ1n) is 13.5. The lowest BCUT2D eigenvalue weighted by atomic mass is 10.1. The molecule has 2 aromatic heterocycles. The van der Waals surface area contributed by atoms with Gasteiger partial charge in [0, 0.05) is 68.3 Å². The molecule has 2 amide bonds. The highest BCUT2D eigenvalue weighted by Gasteiger charge is 2.19. The molecule has 0 saturated carbocycles. The van der Waals surface area contributed by atoms with E-state index in [9.17, 15) is 9.59 Å². The molecule has 2 saturated heterocycles. The zero-order valence-corrected chi connectivity index (χ0v) is 22.9. The first kappa shape index (κ1) is 28.3. The maximum atomic E-state index is 12.6. The van der Waals surface area contributed by atoms with E-state index in [2.05, 4.69) is 36.5 Å². The SMILES string of the molecule is COc1cc2ncnc(Nc3cc(N4CCOCC4)cc(N4CCOCC4)n3)c2cc1NC(=O)CCCC(=O)NO. The molecule has 0 unspecified atom stereocenters. The molecule has 41 heavy (non-hydrogen) atoms. The fraction of sp³-hybridized carbons (Fsp3) is 0.444. The van der Waals surface area contributed by atoms with Crippen LogP contribution in [0, 0.1) is 0 Å². The second-order valence-corrected chi connectivity index (χ2v) is 9.62. The molecule has 14 nitrogen and oxygen atoms in total. The van der Waals surface area contributed by atoms with E-state index in [1.165, 1.54) is 13.4 Å². The van der Waals surface area contributed by atoms with Gasteiger partial charge in [-0.1, -0.05) is 0 Å². The molecule has 4 N–H and O–H groups in total. The molecule has 2 fully saturated rings. The average molecular weight is 567 g/mol. The molecular weight excluding hydrogens is 532 g/mol. The molecule has 0 spiro atoms. The van der Waals surface area contributed by atoms with Crippen molar-refractivity contribution in [2.24, 2.45) is 0 Å². The molecule has 2 aliphatic heterocycles. The van der Waals surface area contributed by atoms with E-state index in [-0.39, 0.29) is 25.2 Å². The minimum Gasteiger partial charge on any atom is -0.494 e. The Morgan fingerprint density at radius 2 is 1.66 bits per heavy atom. The number of nitrogens with one attached hydrogen (secondary N) is 3. The number of aromatic nitrogens is 3. The van der Waals surface area contributed by atoms with E-state index in [4.69, 9.17) is 24.4 Å². The van der Waals surface area contributed by atoms with Crippen LogP contribution in [0.5, 0.6) is 5.75 Å². The van der Waals surface area contributed by atoms with E-state index in [0.717, 1.165) is 37.7 Å². The maximum absolute atomic E-state index is 12.6. The maximum Gasteiger partial charge on any atom is 0.243 e. The number of ether oxygens (including phenoxy) is 3. The summed E-state index contributed by atoms with van der Waals surface area (Å²) in [5.74, 6) is 1.59. The Bertz CT molecular complexity index is 1340. The van der Waals surface area contributed by atoms with Gasteiger partial charge in [0.05, 0.1) is 44.7 Å². The normalized spacial score (nSPS) is 15.5. The topological polar surface area (TPSA) is 163 Å². The molecule has 4 heterocycles. The number of nitrogens with zero attached hydrogens (tertiary/aromatic N) is 5. The van der Waals surface area contributed by atoms with Gasteiger partial charge < -0.3 is 34.6 Å². The number of amides is 2. The molecule has 0 aliphatic carbocycles. The van der Waals surface area contributed by atoms with Crippen LogP contribution in [0.2, 0.25) is 0 Å². The van der Waals surface area contributed by atoms with Crippen LogP contribution in [0.25, 0.3) is 10.9 Å². The summed E-state index contributed by atoms with van der Waals surface area (Å²) in [5.41, 5.74) is 3.66. The Balaban J connectivity index is 1.43. The highest BCUT2D eigenvalue weighted by atomic mass is 16.5. The predicted molar refractivity (Wildman–Crippen MR) is 152 cm³/mol. The lowest BCUT2D eigenvalue weighted by Crippen LogP contribution is -2.38. The first-order chi connectivity index (χ1) is 20.0.